The van der Waals surface area contributed by atoms with Crippen LogP contribution < -0.4 is 5.32 Å². The first kappa shape index (κ1) is 8.34. The molecule has 2 nitrogen and oxygen atoms in total. The van der Waals surface area contributed by atoms with Crippen LogP contribution >= 0.6 is 0 Å². The minimum absolute atomic E-state index is 0.523. The van der Waals surface area contributed by atoms with Crippen molar-refractivity contribution in [3.63, 3.8) is 0 Å². The van der Waals surface area contributed by atoms with E-state index < -0.39 is 0 Å². The highest BCUT2D eigenvalue weighted by Gasteiger charge is 2.09. The molecule has 1 unspecified atom stereocenters. The van der Waals surface area contributed by atoms with E-state index >= 15 is 0 Å². The van der Waals surface area contributed by atoms with Crippen LogP contribution in [-0.4, -0.2) is 13.6 Å². The average Bonchev–Trinajstić information content (AvgIpc) is 2.52. The number of rotatable bonds is 4. The lowest BCUT2D eigenvalue weighted by Crippen LogP contribution is -2.15. The van der Waals surface area contributed by atoms with Crippen LogP contribution in [0.1, 0.15) is 25.0 Å². The summed E-state index contributed by atoms with van der Waals surface area (Å²) in [6, 6.07) is 3.97. The van der Waals surface area contributed by atoms with Gasteiger partial charge in [0.05, 0.1) is 6.26 Å². The van der Waals surface area contributed by atoms with E-state index in [0.717, 1.165) is 18.7 Å². The predicted octanol–water partition coefficient (Wildman–Crippen LogP) is 1.99. The Kier molecular flexibility index (Phi) is 3.17. The first-order chi connectivity index (χ1) is 5.38. The summed E-state index contributed by atoms with van der Waals surface area (Å²) in [5.41, 5.74) is 0. The van der Waals surface area contributed by atoms with Crippen LogP contribution in [0.2, 0.25) is 0 Å². The second-order valence-electron chi connectivity index (χ2n) is 2.68. The molecule has 0 radical (unpaired) electrons. The zero-order valence-electron chi connectivity index (χ0n) is 7.13. The third kappa shape index (κ3) is 2.09. The van der Waals surface area contributed by atoms with Gasteiger partial charge in [-0.1, -0.05) is 6.92 Å². The molecule has 2 heteroatoms. The van der Waals surface area contributed by atoms with Gasteiger partial charge in [-0.3, -0.25) is 0 Å². The lowest BCUT2D eigenvalue weighted by Gasteiger charge is -2.10. The quantitative estimate of drug-likeness (QED) is 0.715. The third-order valence-corrected chi connectivity index (χ3v) is 1.89. The van der Waals surface area contributed by atoms with Gasteiger partial charge in [0, 0.05) is 12.5 Å². The minimum atomic E-state index is 0.523. The average molecular weight is 153 g/mol. The SMILES string of the molecule is CCC(CNC)c1ccco1. The van der Waals surface area contributed by atoms with E-state index in [2.05, 4.69) is 12.2 Å². The van der Waals surface area contributed by atoms with Gasteiger partial charge in [-0.15, -0.1) is 0 Å². The number of likely N-dealkylation sites (N-methyl/N-ethyl adjacent to an activating group) is 1. The van der Waals surface area contributed by atoms with Crippen LogP contribution in [0.25, 0.3) is 0 Å². The van der Waals surface area contributed by atoms with Crippen LogP contribution in [0.5, 0.6) is 0 Å². The Hall–Kier alpha value is -0.760. The summed E-state index contributed by atoms with van der Waals surface area (Å²) in [6.45, 7) is 3.16. The van der Waals surface area contributed by atoms with E-state index in [0.29, 0.717) is 5.92 Å². The van der Waals surface area contributed by atoms with Crippen molar-refractivity contribution in [3.8, 4) is 0 Å². The maximum absolute atomic E-state index is 5.30. The summed E-state index contributed by atoms with van der Waals surface area (Å²) < 4.78 is 5.30. The van der Waals surface area contributed by atoms with Gasteiger partial charge < -0.3 is 9.73 Å². The van der Waals surface area contributed by atoms with E-state index in [1.165, 1.54) is 0 Å². The van der Waals surface area contributed by atoms with Crippen LogP contribution in [0.15, 0.2) is 22.8 Å². The van der Waals surface area contributed by atoms with Gasteiger partial charge in [-0.05, 0) is 25.6 Å². The van der Waals surface area contributed by atoms with Gasteiger partial charge in [0.25, 0.3) is 0 Å². The Balaban J connectivity index is 2.56. The maximum atomic E-state index is 5.30. The molecule has 0 aliphatic carbocycles. The Labute approximate surface area is 67.6 Å². The maximum Gasteiger partial charge on any atom is 0.108 e. The van der Waals surface area contributed by atoms with Crippen LogP contribution in [0.4, 0.5) is 0 Å². The molecular formula is C9H15NO. The van der Waals surface area contributed by atoms with Gasteiger partial charge in [-0.25, -0.2) is 0 Å². The Morgan fingerprint density at radius 1 is 1.64 bits per heavy atom. The molecule has 0 amide bonds. The molecule has 0 spiro atoms. The normalized spacial score (nSPS) is 13.3. The molecule has 1 aromatic heterocycles. The molecule has 0 saturated heterocycles. The summed E-state index contributed by atoms with van der Waals surface area (Å²) in [4.78, 5) is 0. The lowest BCUT2D eigenvalue weighted by atomic mass is 10.0. The molecule has 0 aliphatic heterocycles. The molecule has 1 atom stereocenters. The highest BCUT2D eigenvalue weighted by atomic mass is 16.3. The smallest absolute Gasteiger partial charge is 0.108 e. The van der Waals surface area contributed by atoms with Crippen LogP contribution in [0, 0.1) is 0 Å². The molecule has 0 aromatic carbocycles. The molecule has 0 aliphatic rings. The van der Waals surface area contributed by atoms with E-state index in [1.807, 2.05) is 19.2 Å². The molecule has 0 fully saturated rings. The summed E-state index contributed by atoms with van der Waals surface area (Å²) >= 11 is 0. The number of furan rings is 1. The molecule has 62 valence electrons. The summed E-state index contributed by atoms with van der Waals surface area (Å²) in [7, 11) is 1.96. The van der Waals surface area contributed by atoms with E-state index in [4.69, 9.17) is 4.42 Å². The van der Waals surface area contributed by atoms with Gasteiger partial charge in [-0.2, -0.15) is 0 Å². The molecule has 1 aromatic rings. The van der Waals surface area contributed by atoms with Gasteiger partial charge in [0.2, 0.25) is 0 Å². The number of nitrogens with one attached hydrogen (secondary N) is 1. The topological polar surface area (TPSA) is 25.2 Å². The lowest BCUT2D eigenvalue weighted by molar-refractivity contribution is 0.445. The Morgan fingerprint density at radius 3 is 2.91 bits per heavy atom. The van der Waals surface area contributed by atoms with Crippen molar-refractivity contribution in [1.29, 1.82) is 0 Å². The first-order valence-corrected chi connectivity index (χ1v) is 4.06. The third-order valence-electron chi connectivity index (χ3n) is 1.89. The fourth-order valence-electron chi connectivity index (χ4n) is 1.22. The molecule has 1 heterocycles. The Bertz CT molecular complexity index is 181. The second kappa shape index (κ2) is 4.19. The fraction of sp³-hybridized carbons (Fsp3) is 0.556. The Morgan fingerprint density at radius 2 is 2.45 bits per heavy atom. The minimum Gasteiger partial charge on any atom is -0.469 e. The number of hydrogen-bond acceptors (Lipinski definition) is 2. The highest BCUT2D eigenvalue weighted by Crippen LogP contribution is 2.18. The largest absolute Gasteiger partial charge is 0.469 e. The zero-order chi connectivity index (χ0) is 8.10. The van der Waals surface area contributed by atoms with E-state index in [-0.39, 0.29) is 0 Å². The molecular weight excluding hydrogens is 138 g/mol. The molecule has 1 rings (SSSR count). The van der Waals surface area contributed by atoms with Crippen molar-refractivity contribution in [1.82, 2.24) is 5.32 Å². The standard InChI is InChI=1S/C9H15NO/c1-3-8(7-10-2)9-5-4-6-11-9/h4-6,8,10H,3,7H2,1-2H3. The van der Waals surface area contributed by atoms with Crippen molar-refractivity contribution in [2.45, 2.75) is 19.3 Å². The molecule has 0 saturated carbocycles. The van der Waals surface area contributed by atoms with Crippen LogP contribution in [0.3, 0.4) is 0 Å². The monoisotopic (exact) mass is 153 g/mol. The number of hydrogen-bond donors (Lipinski definition) is 1. The fourth-order valence-corrected chi connectivity index (χ4v) is 1.22. The zero-order valence-corrected chi connectivity index (χ0v) is 7.13. The predicted molar refractivity (Wildman–Crippen MR) is 45.7 cm³/mol. The highest BCUT2D eigenvalue weighted by molar-refractivity contribution is 5.05. The van der Waals surface area contributed by atoms with Crippen molar-refractivity contribution in [3.05, 3.63) is 24.2 Å². The van der Waals surface area contributed by atoms with Crippen molar-refractivity contribution in [2.75, 3.05) is 13.6 Å². The van der Waals surface area contributed by atoms with Gasteiger partial charge in [0.1, 0.15) is 5.76 Å². The van der Waals surface area contributed by atoms with E-state index in [1.54, 1.807) is 6.26 Å². The van der Waals surface area contributed by atoms with E-state index in [9.17, 15) is 0 Å². The second-order valence-corrected chi connectivity index (χ2v) is 2.68. The van der Waals surface area contributed by atoms with Crippen molar-refractivity contribution >= 4 is 0 Å². The van der Waals surface area contributed by atoms with Crippen LogP contribution in [-0.2, 0) is 0 Å². The summed E-state index contributed by atoms with van der Waals surface area (Å²) in [5.74, 6) is 1.61. The summed E-state index contributed by atoms with van der Waals surface area (Å²) in [5, 5.41) is 3.15. The molecule has 1 N–H and O–H groups in total. The summed E-state index contributed by atoms with van der Waals surface area (Å²) in [6.07, 6.45) is 2.85. The first-order valence-electron chi connectivity index (χ1n) is 4.06. The molecule has 0 bridgehead atoms. The van der Waals surface area contributed by atoms with Gasteiger partial charge in [0.15, 0.2) is 0 Å². The molecule has 11 heavy (non-hydrogen) atoms. The van der Waals surface area contributed by atoms with Gasteiger partial charge >= 0.3 is 0 Å². The van der Waals surface area contributed by atoms with Crippen molar-refractivity contribution < 1.29 is 4.42 Å². The van der Waals surface area contributed by atoms with Crippen molar-refractivity contribution in [2.24, 2.45) is 0 Å².